The second-order valence-electron chi connectivity index (χ2n) is 8.53. The molecule has 0 spiro atoms. The number of aryl methyl sites for hydroxylation is 1. The largest absolute Gasteiger partial charge is 0.353 e. The van der Waals surface area contributed by atoms with Crippen molar-refractivity contribution in [1.29, 1.82) is 0 Å². The molecule has 156 valence electrons. The maximum absolute atomic E-state index is 4.61. The first-order valence-electron chi connectivity index (χ1n) is 10.9. The number of nitrogens with one attached hydrogen (secondary N) is 2. The van der Waals surface area contributed by atoms with Gasteiger partial charge in [-0.15, -0.1) is 5.10 Å². The van der Waals surface area contributed by atoms with Crippen LogP contribution in [-0.2, 0) is 6.54 Å². The molecule has 4 heterocycles. The van der Waals surface area contributed by atoms with E-state index in [1.807, 2.05) is 11.6 Å². The molecule has 7 heteroatoms. The second kappa shape index (κ2) is 7.35. The third kappa shape index (κ3) is 3.31. The van der Waals surface area contributed by atoms with Gasteiger partial charge in [0.05, 0.1) is 28.8 Å². The summed E-state index contributed by atoms with van der Waals surface area (Å²) >= 11 is 0. The molecule has 6 rings (SSSR count). The van der Waals surface area contributed by atoms with Crippen molar-refractivity contribution in [3.8, 4) is 17.1 Å². The molecule has 31 heavy (non-hydrogen) atoms. The van der Waals surface area contributed by atoms with Gasteiger partial charge in [-0.05, 0) is 74.8 Å². The Balaban J connectivity index is 1.33. The summed E-state index contributed by atoms with van der Waals surface area (Å²) in [5.41, 5.74) is 7.42. The first-order valence-corrected chi connectivity index (χ1v) is 10.9. The minimum atomic E-state index is 0.936. The zero-order chi connectivity index (χ0) is 20.8. The number of likely N-dealkylation sites (tertiary alicyclic amines) is 1. The summed E-state index contributed by atoms with van der Waals surface area (Å²) < 4.78 is 1.83. The van der Waals surface area contributed by atoms with Crippen molar-refractivity contribution in [2.24, 2.45) is 0 Å². The van der Waals surface area contributed by atoms with Gasteiger partial charge in [-0.2, -0.15) is 5.10 Å². The maximum atomic E-state index is 4.61. The van der Waals surface area contributed by atoms with Crippen molar-refractivity contribution in [1.82, 2.24) is 35.1 Å². The van der Waals surface area contributed by atoms with Gasteiger partial charge < -0.3 is 4.98 Å². The number of hydrogen-bond acceptors (Lipinski definition) is 4. The maximum Gasteiger partial charge on any atom is 0.116 e. The van der Waals surface area contributed by atoms with E-state index in [1.165, 1.54) is 43.3 Å². The Kier molecular flexibility index (Phi) is 4.35. The molecule has 0 unspecified atom stereocenters. The van der Waals surface area contributed by atoms with Gasteiger partial charge >= 0.3 is 0 Å². The van der Waals surface area contributed by atoms with E-state index in [0.717, 1.165) is 45.7 Å². The van der Waals surface area contributed by atoms with E-state index < -0.39 is 0 Å². The lowest BCUT2D eigenvalue weighted by molar-refractivity contribution is 0.221. The first kappa shape index (κ1) is 18.3. The minimum absolute atomic E-state index is 0.936. The monoisotopic (exact) mass is 411 g/mol. The molecule has 3 aromatic heterocycles. The number of aromatic amines is 2. The Hall–Kier alpha value is -3.45. The van der Waals surface area contributed by atoms with E-state index >= 15 is 0 Å². The fourth-order valence-electron chi connectivity index (χ4n) is 4.67. The van der Waals surface area contributed by atoms with Crippen LogP contribution in [0.3, 0.4) is 0 Å². The molecule has 0 aliphatic carbocycles. The van der Waals surface area contributed by atoms with E-state index in [9.17, 15) is 0 Å². The average molecular weight is 412 g/mol. The van der Waals surface area contributed by atoms with Gasteiger partial charge in [-0.25, -0.2) is 4.68 Å². The van der Waals surface area contributed by atoms with Crippen molar-refractivity contribution < 1.29 is 0 Å². The number of nitrogens with zero attached hydrogens (tertiary/aromatic N) is 5. The summed E-state index contributed by atoms with van der Waals surface area (Å²) in [7, 11) is 0. The molecule has 0 saturated carbocycles. The Morgan fingerprint density at radius 3 is 2.71 bits per heavy atom. The highest BCUT2D eigenvalue weighted by molar-refractivity contribution is 5.96. The normalized spacial score (nSPS) is 15.3. The third-order valence-corrected chi connectivity index (χ3v) is 6.31. The molecule has 1 aliphatic heterocycles. The fourth-order valence-corrected chi connectivity index (χ4v) is 4.67. The van der Waals surface area contributed by atoms with Gasteiger partial charge in [-0.1, -0.05) is 17.7 Å². The van der Waals surface area contributed by atoms with Gasteiger partial charge in [-0.3, -0.25) is 10.00 Å². The molecule has 0 atom stereocenters. The molecule has 0 amide bonds. The lowest BCUT2D eigenvalue weighted by Crippen LogP contribution is -2.28. The van der Waals surface area contributed by atoms with Crippen LogP contribution < -0.4 is 0 Å². The fraction of sp³-hybridized carbons (Fsp3) is 0.292. The summed E-state index contributed by atoms with van der Waals surface area (Å²) in [6, 6.07) is 15.2. The summed E-state index contributed by atoms with van der Waals surface area (Å²) in [5, 5.41) is 18.2. The van der Waals surface area contributed by atoms with Crippen LogP contribution in [0.1, 0.15) is 30.5 Å². The standard InChI is InChI=1S/C24H25N7/c1-16-14-25-29-31(16)19-6-7-20-22(13-19)27-28-24(20)23-12-18-11-17(5-8-21(18)26-23)15-30-9-3-2-4-10-30/h5-8,11-14,26H,2-4,9-10,15H2,1H3,(H,27,28). The molecule has 7 nitrogen and oxygen atoms in total. The van der Waals surface area contributed by atoms with Crippen LogP contribution in [-0.4, -0.2) is 48.2 Å². The smallest absolute Gasteiger partial charge is 0.116 e. The van der Waals surface area contributed by atoms with E-state index in [1.54, 1.807) is 6.20 Å². The number of piperidine rings is 1. The molecule has 1 aliphatic rings. The summed E-state index contributed by atoms with van der Waals surface area (Å²) in [6.45, 7) is 5.45. The summed E-state index contributed by atoms with van der Waals surface area (Å²) in [5.74, 6) is 0. The van der Waals surface area contributed by atoms with Crippen LogP contribution in [0.15, 0.2) is 48.7 Å². The topological polar surface area (TPSA) is 78.4 Å². The van der Waals surface area contributed by atoms with Crippen LogP contribution in [0.4, 0.5) is 0 Å². The van der Waals surface area contributed by atoms with Crippen LogP contribution in [0.5, 0.6) is 0 Å². The molecule has 0 bridgehead atoms. The Morgan fingerprint density at radius 2 is 1.87 bits per heavy atom. The van der Waals surface area contributed by atoms with Gasteiger partial charge in [0.1, 0.15) is 5.69 Å². The second-order valence-corrected chi connectivity index (χ2v) is 8.53. The Labute approximate surface area is 180 Å². The molecule has 2 N–H and O–H groups in total. The Morgan fingerprint density at radius 1 is 0.968 bits per heavy atom. The van der Waals surface area contributed by atoms with Crippen LogP contribution in [0, 0.1) is 6.92 Å². The predicted molar refractivity (Wildman–Crippen MR) is 122 cm³/mol. The van der Waals surface area contributed by atoms with Crippen molar-refractivity contribution in [2.45, 2.75) is 32.7 Å². The molecule has 1 fully saturated rings. The van der Waals surface area contributed by atoms with E-state index in [-0.39, 0.29) is 0 Å². The number of benzene rings is 2. The minimum Gasteiger partial charge on any atom is -0.353 e. The predicted octanol–water partition coefficient (Wildman–Crippen LogP) is 4.59. The highest BCUT2D eigenvalue weighted by atomic mass is 15.4. The molecule has 5 aromatic rings. The highest BCUT2D eigenvalue weighted by Gasteiger charge is 2.14. The molecule has 1 saturated heterocycles. The molecular weight excluding hydrogens is 386 g/mol. The van der Waals surface area contributed by atoms with Crippen molar-refractivity contribution in [2.75, 3.05) is 13.1 Å². The van der Waals surface area contributed by atoms with Crippen LogP contribution >= 0.6 is 0 Å². The van der Waals surface area contributed by atoms with Gasteiger partial charge in [0.15, 0.2) is 0 Å². The molecule has 0 radical (unpaired) electrons. The quantitative estimate of drug-likeness (QED) is 0.453. The van der Waals surface area contributed by atoms with Crippen LogP contribution in [0.2, 0.25) is 0 Å². The van der Waals surface area contributed by atoms with Gasteiger partial charge in [0, 0.05) is 22.8 Å². The number of fused-ring (bicyclic) bond motifs is 2. The van der Waals surface area contributed by atoms with Gasteiger partial charge in [0.2, 0.25) is 0 Å². The third-order valence-electron chi connectivity index (χ3n) is 6.31. The SMILES string of the molecule is Cc1cnnn1-c1ccc2c(-c3cc4cc(CN5CCCCC5)ccc4[nH]3)n[nH]c2c1. The van der Waals surface area contributed by atoms with Gasteiger partial charge in [0.25, 0.3) is 0 Å². The average Bonchev–Trinajstić information content (AvgIpc) is 3.51. The molecule has 2 aromatic carbocycles. The summed E-state index contributed by atoms with van der Waals surface area (Å²) in [4.78, 5) is 6.11. The van der Waals surface area contributed by atoms with Crippen LogP contribution in [0.25, 0.3) is 38.9 Å². The number of hydrogen-bond donors (Lipinski definition) is 2. The highest BCUT2D eigenvalue weighted by Crippen LogP contribution is 2.30. The van der Waals surface area contributed by atoms with E-state index in [4.69, 9.17) is 0 Å². The number of aromatic nitrogens is 6. The number of rotatable bonds is 4. The van der Waals surface area contributed by atoms with Crippen molar-refractivity contribution in [3.63, 3.8) is 0 Å². The first-order chi connectivity index (χ1) is 15.2. The Bertz CT molecular complexity index is 1370. The zero-order valence-corrected chi connectivity index (χ0v) is 17.6. The van der Waals surface area contributed by atoms with Crippen molar-refractivity contribution >= 4 is 21.8 Å². The lowest BCUT2D eigenvalue weighted by Gasteiger charge is -2.26. The van der Waals surface area contributed by atoms with E-state index in [2.05, 4.69) is 72.9 Å². The number of H-pyrrole nitrogens is 2. The summed E-state index contributed by atoms with van der Waals surface area (Å²) in [6.07, 6.45) is 5.77. The zero-order valence-electron chi connectivity index (χ0n) is 17.6. The van der Waals surface area contributed by atoms with Crippen molar-refractivity contribution in [3.05, 3.63) is 59.9 Å². The van der Waals surface area contributed by atoms with E-state index in [0.29, 0.717) is 0 Å². The molecular formula is C24H25N7. The lowest BCUT2D eigenvalue weighted by atomic mass is 10.1.